The average Bonchev–Trinajstić information content (AvgIpc) is 2.81. The van der Waals surface area contributed by atoms with Gasteiger partial charge in [0.1, 0.15) is 11.8 Å². The van der Waals surface area contributed by atoms with Crippen molar-refractivity contribution in [2.45, 2.75) is 19.0 Å². The fraction of sp³-hybridized carbons (Fsp3) is 0.200. The van der Waals surface area contributed by atoms with Crippen LogP contribution in [0.2, 0.25) is 15.1 Å². The molecule has 2 amide bonds. The van der Waals surface area contributed by atoms with Crippen molar-refractivity contribution >= 4 is 46.6 Å². The predicted octanol–water partition coefficient (Wildman–Crippen LogP) is 5.41. The van der Waals surface area contributed by atoms with Crippen molar-refractivity contribution in [2.24, 2.45) is 0 Å². The maximum atomic E-state index is 13.4. The molecule has 0 aliphatic rings. The first kappa shape index (κ1) is 24.9. The highest BCUT2D eigenvalue weighted by molar-refractivity contribution is 6.35. The van der Waals surface area contributed by atoms with Gasteiger partial charge in [-0.1, -0.05) is 77.3 Å². The second-order valence-electron chi connectivity index (χ2n) is 7.32. The summed E-state index contributed by atoms with van der Waals surface area (Å²) in [5.74, 6) is -0.203. The van der Waals surface area contributed by atoms with E-state index in [-0.39, 0.29) is 25.0 Å². The van der Waals surface area contributed by atoms with E-state index in [0.29, 0.717) is 32.8 Å². The van der Waals surface area contributed by atoms with Gasteiger partial charge < -0.3 is 15.0 Å². The average molecular weight is 506 g/mol. The van der Waals surface area contributed by atoms with Crippen LogP contribution in [0.15, 0.2) is 72.8 Å². The number of halogens is 3. The normalized spacial score (nSPS) is 11.5. The zero-order valence-corrected chi connectivity index (χ0v) is 20.2. The molecule has 8 heteroatoms. The third-order valence-corrected chi connectivity index (χ3v) is 5.85. The highest BCUT2D eigenvalue weighted by atomic mass is 35.5. The summed E-state index contributed by atoms with van der Waals surface area (Å²) in [6.45, 7) is -0.160. The maximum Gasteiger partial charge on any atom is 0.261 e. The Morgan fingerprint density at radius 2 is 1.67 bits per heavy atom. The van der Waals surface area contributed by atoms with Gasteiger partial charge in [0.05, 0.1) is 0 Å². The Morgan fingerprint density at radius 1 is 0.939 bits per heavy atom. The standard InChI is InChI=1S/C25H23Cl3N2O3/c1-29-25(32)23(12-17-6-3-2-4-7-17)30(15-18-10-11-20(27)14-22(18)28)24(31)16-33-21-9-5-8-19(26)13-21/h2-11,13-14,23H,12,15-16H2,1H3,(H,29,32)/t23-/m1/s1. The Morgan fingerprint density at radius 3 is 2.33 bits per heavy atom. The zero-order valence-electron chi connectivity index (χ0n) is 17.9. The van der Waals surface area contributed by atoms with E-state index in [1.165, 1.54) is 4.90 Å². The van der Waals surface area contributed by atoms with Crippen molar-refractivity contribution < 1.29 is 14.3 Å². The van der Waals surface area contributed by atoms with Gasteiger partial charge in [-0.2, -0.15) is 0 Å². The highest BCUT2D eigenvalue weighted by Crippen LogP contribution is 2.24. The summed E-state index contributed by atoms with van der Waals surface area (Å²) in [5.41, 5.74) is 1.58. The molecule has 5 nitrogen and oxygen atoms in total. The van der Waals surface area contributed by atoms with Crippen LogP contribution in [0.25, 0.3) is 0 Å². The van der Waals surface area contributed by atoms with E-state index >= 15 is 0 Å². The number of benzene rings is 3. The number of carbonyl (C=O) groups is 2. The molecule has 0 unspecified atom stereocenters. The van der Waals surface area contributed by atoms with Crippen LogP contribution in [-0.2, 0) is 22.6 Å². The molecule has 33 heavy (non-hydrogen) atoms. The number of hydrogen-bond acceptors (Lipinski definition) is 3. The van der Waals surface area contributed by atoms with Gasteiger partial charge in [-0.25, -0.2) is 0 Å². The van der Waals surface area contributed by atoms with Crippen molar-refractivity contribution in [1.29, 1.82) is 0 Å². The topological polar surface area (TPSA) is 58.6 Å². The molecule has 0 fully saturated rings. The third-order valence-electron chi connectivity index (χ3n) is 5.03. The molecular weight excluding hydrogens is 483 g/mol. The molecule has 0 saturated carbocycles. The minimum absolute atomic E-state index is 0.110. The second-order valence-corrected chi connectivity index (χ2v) is 8.60. The van der Waals surface area contributed by atoms with Crippen LogP contribution >= 0.6 is 34.8 Å². The Labute approximate surface area is 208 Å². The first-order chi connectivity index (χ1) is 15.9. The lowest BCUT2D eigenvalue weighted by molar-refractivity contribution is -0.142. The quantitative estimate of drug-likeness (QED) is 0.423. The molecule has 172 valence electrons. The molecule has 0 spiro atoms. The molecule has 0 saturated heterocycles. The number of hydrogen-bond donors (Lipinski definition) is 1. The highest BCUT2D eigenvalue weighted by Gasteiger charge is 2.30. The number of rotatable bonds is 9. The van der Waals surface area contributed by atoms with Crippen LogP contribution in [0.3, 0.4) is 0 Å². The van der Waals surface area contributed by atoms with Gasteiger partial charge in [0.15, 0.2) is 6.61 Å². The van der Waals surface area contributed by atoms with Crippen LogP contribution in [0.1, 0.15) is 11.1 Å². The van der Waals surface area contributed by atoms with Gasteiger partial charge in [-0.3, -0.25) is 9.59 Å². The zero-order chi connectivity index (χ0) is 23.8. The number of ether oxygens (including phenoxy) is 1. The molecule has 0 aromatic heterocycles. The number of nitrogens with one attached hydrogen (secondary N) is 1. The number of likely N-dealkylation sites (N-methyl/N-ethyl adjacent to an activating group) is 1. The first-order valence-electron chi connectivity index (χ1n) is 10.2. The Balaban J connectivity index is 1.90. The SMILES string of the molecule is CNC(=O)[C@@H](Cc1ccccc1)N(Cc1ccc(Cl)cc1Cl)C(=O)COc1cccc(Cl)c1. The third kappa shape index (κ3) is 7.13. The molecule has 1 atom stereocenters. The molecule has 3 aromatic rings. The second kappa shape index (κ2) is 11.9. The fourth-order valence-electron chi connectivity index (χ4n) is 3.34. The largest absolute Gasteiger partial charge is 0.484 e. The van der Waals surface area contributed by atoms with Crippen LogP contribution < -0.4 is 10.1 Å². The minimum Gasteiger partial charge on any atom is -0.484 e. The van der Waals surface area contributed by atoms with Gasteiger partial charge in [-0.05, 0) is 41.5 Å². The minimum atomic E-state index is -0.778. The summed E-state index contributed by atoms with van der Waals surface area (Å²) in [6, 6.07) is 20.5. The van der Waals surface area contributed by atoms with Crippen LogP contribution in [0, 0.1) is 0 Å². The Kier molecular flexibility index (Phi) is 9.01. The summed E-state index contributed by atoms with van der Waals surface area (Å²) >= 11 is 18.4. The molecule has 0 bridgehead atoms. The van der Waals surface area contributed by atoms with Crippen LogP contribution in [-0.4, -0.2) is 36.4 Å². The molecule has 3 rings (SSSR count). The van der Waals surface area contributed by atoms with Gasteiger partial charge in [0.25, 0.3) is 5.91 Å². The fourth-order valence-corrected chi connectivity index (χ4v) is 3.99. The van der Waals surface area contributed by atoms with Gasteiger partial charge in [0.2, 0.25) is 5.91 Å². The molecule has 0 heterocycles. The first-order valence-corrected chi connectivity index (χ1v) is 11.4. The van der Waals surface area contributed by atoms with Crippen LogP contribution in [0.5, 0.6) is 5.75 Å². The Bertz CT molecular complexity index is 1110. The molecule has 3 aromatic carbocycles. The molecule has 0 radical (unpaired) electrons. The lowest BCUT2D eigenvalue weighted by Gasteiger charge is -2.31. The van der Waals surface area contributed by atoms with Crippen molar-refractivity contribution in [2.75, 3.05) is 13.7 Å². The summed E-state index contributed by atoms with van der Waals surface area (Å²) in [5, 5.41) is 4.06. The van der Waals surface area contributed by atoms with Gasteiger partial charge in [-0.15, -0.1) is 0 Å². The summed E-state index contributed by atoms with van der Waals surface area (Å²) in [6.07, 6.45) is 0.328. The van der Waals surface area contributed by atoms with Crippen molar-refractivity contribution in [3.05, 3.63) is 99.0 Å². The van der Waals surface area contributed by atoms with E-state index in [1.54, 1.807) is 49.5 Å². The van der Waals surface area contributed by atoms with E-state index in [4.69, 9.17) is 39.5 Å². The summed E-state index contributed by atoms with van der Waals surface area (Å²) < 4.78 is 5.67. The van der Waals surface area contributed by atoms with Crippen molar-refractivity contribution in [3.8, 4) is 5.75 Å². The van der Waals surface area contributed by atoms with Gasteiger partial charge >= 0.3 is 0 Å². The molecule has 0 aliphatic heterocycles. The number of nitrogens with zero attached hydrogens (tertiary/aromatic N) is 1. The monoisotopic (exact) mass is 504 g/mol. The molecular formula is C25H23Cl3N2O3. The van der Waals surface area contributed by atoms with E-state index in [9.17, 15) is 9.59 Å². The lowest BCUT2D eigenvalue weighted by Crippen LogP contribution is -2.51. The van der Waals surface area contributed by atoms with Crippen molar-refractivity contribution in [3.63, 3.8) is 0 Å². The number of carbonyl (C=O) groups excluding carboxylic acids is 2. The lowest BCUT2D eigenvalue weighted by atomic mass is 10.0. The van der Waals surface area contributed by atoms with E-state index < -0.39 is 6.04 Å². The van der Waals surface area contributed by atoms with E-state index in [2.05, 4.69) is 5.32 Å². The van der Waals surface area contributed by atoms with Gasteiger partial charge in [0, 0.05) is 35.1 Å². The maximum absolute atomic E-state index is 13.4. The van der Waals surface area contributed by atoms with E-state index in [0.717, 1.165) is 5.56 Å². The molecule has 0 aliphatic carbocycles. The summed E-state index contributed by atoms with van der Waals surface area (Å²) in [7, 11) is 1.54. The predicted molar refractivity (Wildman–Crippen MR) is 132 cm³/mol. The Hall–Kier alpha value is -2.73. The van der Waals surface area contributed by atoms with Crippen LogP contribution in [0.4, 0.5) is 0 Å². The van der Waals surface area contributed by atoms with Crippen molar-refractivity contribution in [1.82, 2.24) is 10.2 Å². The number of amides is 2. The smallest absolute Gasteiger partial charge is 0.261 e. The summed E-state index contributed by atoms with van der Waals surface area (Å²) in [4.78, 5) is 27.7. The van der Waals surface area contributed by atoms with E-state index in [1.807, 2.05) is 30.3 Å². The molecule has 1 N–H and O–H groups in total.